The number of benzene rings is 1. The van der Waals surface area contributed by atoms with Crippen LogP contribution in [0, 0.1) is 0 Å². The van der Waals surface area contributed by atoms with Crippen LogP contribution in [0.1, 0.15) is 17.2 Å². The summed E-state index contributed by atoms with van der Waals surface area (Å²) in [5.74, 6) is -1.57. The van der Waals surface area contributed by atoms with Gasteiger partial charge < -0.3 is 9.67 Å². The second kappa shape index (κ2) is 4.63. The van der Waals surface area contributed by atoms with E-state index in [0.29, 0.717) is 10.6 Å². The van der Waals surface area contributed by atoms with Gasteiger partial charge >= 0.3 is 5.97 Å². The molecule has 0 fully saturated rings. The summed E-state index contributed by atoms with van der Waals surface area (Å²) in [5.41, 5.74) is 1.42. The molecule has 0 bridgehead atoms. The summed E-state index contributed by atoms with van der Waals surface area (Å²) in [6, 6.07) is 10.6. The third-order valence-electron chi connectivity index (χ3n) is 2.71. The van der Waals surface area contributed by atoms with Crippen LogP contribution in [0.2, 0.25) is 5.02 Å². The van der Waals surface area contributed by atoms with Gasteiger partial charge in [0.05, 0.1) is 0 Å². The number of nitrogens with zero attached hydrogens (tertiary/aromatic N) is 1. The lowest BCUT2D eigenvalue weighted by Gasteiger charge is -2.14. The second-order valence-electron chi connectivity index (χ2n) is 3.87. The summed E-state index contributed by atoms with van der Waals surface area (Å²) in [5, 5.41) is 9.90. The molecule has 4 heteroatoms. The Morgan fingerprint density at radius 1 is 1.35 bits per heavy atom. The van der Waals surface area contributed by atoms with Gasteiger partial charge in [-0.1, -0.05) is 23.7 Å². The Morgan fingerprint density at radius 3 is 2.65 bits per heavy atom. The van der Waals surface area contributed by atoms with Crippen LogP contribution in [0.25, 0.3) is 0 Å². The van der Waals surface area contributed by atoms with E-state index in [1.165, 1.54) is 0 Å². The summed E-state index contributed by atoms with van der Waals surface area (Å²) in [7, 11) is 1.83. The molecule has 0 amide bonds. The Bertz CT molecular complexity index is 548. The van der Waals surface area contributed by atoms with E-state index in [-0.39, 0.29) is 0 Å². The summed E-state index contributed by atoms with van der Waals surface area (Å²) in [6.07, 6.45) is 1.83. The molecule has 0 aliphatic carbocycles. The maximum atomic E-state index is 11.4. The van der Waals surface area contributed by atoms with E-state index in [2.05, 4.69) is 0 Å². The van der Waals surface area contributed by atoms with Crippen molar-refractivity contribution in [1.29, 1.82) is 0 Å². The maximum absolute atomic E-state index is 11.4. The highest BCUT2D eigenvalue weighted by molar-refractivity contribution is 6.30. The fourth-order valence-corrected chi connectivity index (χ4v) is 2.10. The molecule has 0 saturated carbocycles. The maximum Gasteiger partial charge on any atom is 0.317 e. The zero-order chi connectivity index (χ0) is 12.4. The first-order chi connectivity index (χ1) is 8.09. The van der Waals surface area contributed by atoms with Gasteiger partial charge in [0.25, 0.3) is 0 Å². The van der Waals surface area contributed by atoms with Crippen LogP contribution in [0.15, 0.2) is 42.6 Å². The first kappa shape index (κ1) is 11.7. The summed E-state index contributed by atoms with van der Waals surface area (Å²) >= 11 is 5.90. The quantitative estimate of drug-likeness (QED) is 0.909. The number of aliphatic carboxylic acids is 1. The molecule has 1 atom stereocenters. The number of halogens is 1. The molecule has 0 radical (unpaired) electrons. The van der Waals surface area contributed by atoms with Crippen molar-refractivity contribution in [3.63, 3.8) is 0 Å². The van der Waals surface area contributed by atoms with E-state index >= 15 is 0 Å². The fraction of sp³-hybridized carbons (Fsp3) is 0.154. The van der Waals surface area contributed by atoms with Crippen molar-refractivity contribution in [2.45, 2.75) is 5.92 Å². The number of carboxylic acids is 1. The molecule has 1 aromatic carbocycles. The Morgan fingerprint density at radius 2 is 2.12 bits per heavy atom. The van der Waals surface area contributed by atoms with Crippen LogP contribution in [0.4, 0.5) is 0 Å². The third-order valence-corrected chi connectivity index (χ3v) is 2.94. The lowest BCUT2D eigenvalue weighted by molar-refractivity contribution is -0.137. The highest BCUT2D eigenvalue weighted by Gasteiger charge is 2.24. The molecule has 2 aromatic rings. The fourth-order valence-electron chi connectivity index (χ4n) is 1.90. The van der Waals surface area contributed by atoms with Gasteiger partial charge in [-0.3, -0.25) is 4.79 Å². The molecule has 88 valence electrons. The summed E-state index contributed by atoms with van der Waals surface area (Å²) in [4.78, 5) is 11.4. The minimum absolute atomic E-state index is 0.544. The van der Waals surface area contributed by atoms with Crippen molar-refractivity contribution in [2.75, 3.05) is 0 Å². The van der Waals surface area contributed by atoms with E-state index in [4.69, 9.17) is 11.6 Å². The average Bonchev–Trinajstić information content (AvgIpc) is 2.65. The Hall–Kier alpha value is -1.74. The van der Waals surface area contributed by atoms with Crippen LogP contribution in [-0.4, -0.2) is 15.6 Å². The Labute approximate surface area is 104 Å². The molecular formula is C13H12ClNO2. The number of hydrogen-bond acceptors (Lipinski definition) is 1. The topological polar surface area (TPSA) is 42.2 Å². The zero-order valence-corrected chi connectivity index (χ0v) is 10.1. The first-order valence-corrected chi connectivity index (χ1v) is 5.57. The van der Waals surface area contributed by atoms with Gasteiger partial charge in [0.15, 0.2) is 0 Å². The molecule has 1 unspecified atom stereocenters. The van der Waals surface area contributed by atoms with Gasteiger partial charge in [-0.05, 0) is 29.8 Å². The van der Waals surface area contributed by atoms with E-state index in [1.807, 2.05) is 19.3 Å². The molecular weight excluding hydrogens is 238 g/mol. The minimum Gasteiger partial charge on any atom is -0.480 e. The number of carbonyl (C=O) groups is 1. The second-order valence-corrected chi connectivity index (χ2v) is 4.31. The van der Waals surface area contributed by atoms with Gasteiger partial charge in [0.1, 0.15) is 5.92 Å². The standard InChI is InChI=1S/C13H12ClNO2/c1-15-7-3-6-11(15)12(13(16)17)9-4-2-5-10(14)8-9/h2-8,12H,1H3,(H,16,17). The van der Waals surface area contributed by atoms with Crippen molar-refractivity contribution in [1.82, 2.24) is 4.57 Å². The molecule has 1 heterocycles. The van der Waals surface area contributed by atoms with Crippen LogP contribution >= 0.6 is 11.6 Å². The predicted molar refractivity (Wildman–Crippen MR) is 66.3 cm³/mol. The zero-order valence-electron chi connectivity index (χ0n) is 9.30. The Kier molecular flexibility index (Phi) is 3.20. The highest BCUT2D eigenvalue weighted by atomic mass is 35.5. The Balaban J connectivity index is 2.50. The third kappa shape index (κ3) is 2.34. The van der Waals surface area contributed by atoms with Crippen molar-refractivity contribution in [3.05, 3.63) is 58.9 Å². The van der Waals surface area contributed by atoms with E-state index < -0.39 is 11.9 Å². The smallest absolute Gasteiger partial charge is 0.317 e. The monoisotopic (exact) mass is 249 g/mol. The highest BCUT2D eigenvalue weighted by Crippen LogP contribution is 2.26. The van der Waals surface area contributed by atoms with Crippen molar-refractivity contribution in [3.8, 4) is 0 Å². The number of rotatable bonds is 3. The average molecular weight is 250 g/mol. The van der Waals surface area contributed by atoms with Crippen LogP contribution in [0.5, 0.6) is 0 Å². The van der Waals surface area contributed by atoms with E-state index in [1.54, 1.807) is 34.9 Å². The summed E-state index contributed by atoms with van der Waals surface area (Å²) in [6.45, 7) is 0. The van der Waals surface area contributed by atoms with Gasteiger partial charge in [0, 0.05) is 24.0 Å². The number of aryl methyl sites for hydroxylation is 1. The van der Waals surface area contributed by atoms with Gasteiger partial charge in [0.2, 0.25) is 0 Å². The largest absolute Gasteiger partial charge is 0.480 e. The molecule has 0 aliphatic heterocycles. The van der Waals surface area contributed by atoms with Gasteiger partial charge in [-0.2, -0.15) is 0 Å². The van der Waals surface area contributed by atoms with Gasteiger partial charge in [-0.15, -0.1) is 0 Å². The van der Waals surface area contributed by atoms with Crippen molar-refractivity contribution in [2.24, 2.45) is 7.05 Å². The van der Waals surface area contributed by atoms with Crippen LogP contribution < -0.4 is 0 Å². The summed E-state index contributed by atoms with van der Waals surface area (Å²) < 4.78 is 1.81. The van der Waals surface area contributed by atoms with Crippen LogP contribution in [0.3, 0.4) is 0 Å². The molecule has 3 nitrogen and oxygen atoms in total. The molecule has 17 heavy (non-hydrogen) atoms. The molecule has 2 rings (SSSR count). The van der Waals surface area contributed by atoms with E-state index in [9.17, 15) is 9.90 Å². The SMILES string of the molecule is Cn1cccc1C(C(=O)O)c1cccc(Cl)c1. The molecule has 1 N–H and O–H groups in total. The van der Waals surface area contributed by atoms with Gasteiger partial charge in [-0.25, -0.2) is 0 Å². The number of carboxylic acid groups (broad SMARTS) is 1. The molecule has 0 saturated heterocycles. The molecule has 0 aliphatic rings. The predicted octanol–water partition coefficient (Wildman–Crippen LogP) is 2.90. The van der Waals surface area contributed by atoms with Crippen molar-refractivity contribution < 1.29 is 9.90 Å². The van der Waals surface area contributed by atoms with Crippen molar-refractivity contribution >= 4 is 17.6 Å². The minimum atomic E-state index is -0.880. The van der Waals surface area contributed by atoms with Crippen LogP contribution in [-0.2, 0) is 11.8 Å². The normalized spacial score (nSPS) is 12.4. The molecule has 0 spiro atoms. The first-order valence-electron chi connectivity index (χ1n) is 5.19. The molecule has 1 aromatic heterocycles. The lowest BCUT2D eigenvalue weighted by atomic mass is 9.96. The lowest BCUT2D eigenvalue weighted by Crippen LogP contribution is -2.16. The number of hydrogen-bond donors (Lipinski definition) is 1. The number of aromatic nitrogens is 1. The van der Waals surface area contributed by atoms with E-state index in [0.717, 1.165) is 5.69 Å².